The predicted octanol–water partition coefficient (Wildman–Crippen LogP) is 2.20. The Balaban J connectivity index is 1.91. The first-order chi connectivity index (χ1) is 8.35. The minimum Gasteiger partial charge on any atom is -0.444 e. The van der Waals surface area contributed by atoms with Gasteiger partial charge in [-0.3, -0.25) is 0 Å². The lowest BCUT2D eigenvalue weighted by Crippen LogP contribution is -2.51. The molecule has 2 saturated heterocycles. The molecule has 2 atom stereocenters. The van der Waals surface area contributed by atoms with E-state index in [1.54, 1.807) is 0 Å². The molecular formula is C14H26N2O2. The monoisotopic (exact) mass is 254 g/mol. The SMILES string of the molecule is CN1CC[C@@H]2CCN(C(=O)OC(C)(C)C)C[C@@H]2C1. The Kier molecular flexibility index (Phi) is 3.85. The van der Waals surface area contributed by atoms with Crippen molar-refractivity contribution in [3.63, 3.8) is 0 Å². The van der Waals surface area contributed by atoms with Crippen LogP contribution in [0.25, 0.3) is 0 Å². The molecule has 4 heteroatoms. The molecule has 2 rings (SSSR count). The molecule has 18 heavy (non-hydrogen) atoms. The molecular weight excluding hydrogens is 228 g/mol. The van der Waals surface area contributed by atoms with Crippen molar-refractivity contribution in [1.82, 2.24) is 9.80 Å². The minimum absolute atomic E-state index is 0.144. The van der Waals surface area contributed by atoms with Crippen molar-refractivity contribution < 1.29 is 9.53 Å². The van der Waals surface area contributed by atoms with Crippen LogP contribution in [0.3, 0.4) is 0 Å². The van der Waals surface area contributed by atoms with Crippen LogP contribution in [0.2, 0.25) is 0 Å². The molecule has 0 N–H and O–H groups in total. The third-order valence-electron chi connectivity index (χ3n) is 3.97. The molecule has 0 unspecified atom stereocenters. The van der Waals surface area contributed by atoms with E-state index in [4.69, 9.17) is 4.74 Å². The Hall–Kier alpha value is -0.770. The second-order valence-electron chi connectivity index (χ2n) is 6.79. The van der Waals surface area contributed by atoms with E-state index in [9.17, 15) is 4.79 Å². The minimum atomic E-state index is -0.392. The molecule has 0 radical (unpaired) electrons. The molecule has 0 spiro atoms. The Labute approximate surface area is 110 Å². The van der Waals surface area contributed by atoms with Crippen LogP contribution in [0, 0.1) is 11.8 Å². The zero-order valence-electron chi connectivity index (χ0n) is 12.1. The maximum atomic E-state index is 12.1. The fourth-order valence-electron chi connectivity index (χ4n) is 3.04. The fraction of sp³-hybridized carbons (Fsp3) is 0.929. The summed E-state index contributed by atoms with van der Waals surface area (Å²) in [6.45, 7) is 9.81. The molecule has 0 saturated carbocycles. The maximum absolute atomic E-state index is 12.1. The van der Waals surface area contributed by atoms with Gasteiger partial charge in [-0.2, -0.15) is 0 Å². The summed E-state index contributed by atoms with van der Waals surface area (Å²) in [5.74, 6) is 1.44. The molecule has 0 bridgehead atoms. The smallest absolute Gasteiger partial charge is 0.410 e. The lowest BCUT2D eigenvalue weighted by atomic mass is 9.80. The standard InChI is InChI=1S/C14H26N2O2/c1-14(2,3)18-13(17)16-8-6-11-5-7-15(4)9-12(11)10-16/h11-12H,5-10H2,1-4H3/t11-,12+/m1/s1. The molecule has 4 nitrogen and oxygen atoms in total. The zero-order chi connectivity index (χ0) is 13.3. The first kappa shape index (κ1) is 13.7. The third kappa shape index (κ3) is 3.37. The number of piperidine rings is 2. The van der Waals surface area contributed by atoms with Crippen molar-refractivity contribution in [1.29, 1.82) is 0 Å². The average Bonchev–Trinajstić information content (AvgIpc) is 2.25. The van der Waals surface area contributed by atoms with Gasteiger partial charge in [0.2, 0.25) is 0 Å². The van der Waals surface area contributed by atoms with Gasteiger partial charge in [-0.1, -0.05) is 0 Å². The highest BCUT2D eigenvalue weighted by molar-refractivity contribution is 5.68. The highest BCUT2D eigenvalue weighted by Gasteiger charge is 2.35. The first-order valence-electron chi connectivity index (χ1n) is 7.01. The van der Waals surface area contributed by atoms with Gasteiger partial charge in [0.25, 0.3) is 0 Å². The predicted molar refractivity (Wildman–Crippen MR) is 71.5 cm³/mol. The lowest BCUT2D eigenvalue weighted by Gasteiger charge is -2.44. The normalized spacial score (nSPS) is 29.9. The number of amides is 1. The number of ether oxygens (including phenoxy) is 1. The third-order valence-corrected chi connectivity index (χ3v) is 3.97. The molecule has 2 fully saturated rings. The Morgan fingerprint density at radius 1 is 1.11 bits per heavy atom. The average molecular weight is 254 g/mol. The molecule has 0 aromatic heterocycles. The molecule has 2 aliphatic rings. The Morgan fingerprint density at radius 2 is 1.78 bits per heavy atom. The molecule has 104 valence electrons. The van der Waals surface area contributed by atoms with E-state index in [1.165, 1.54) is 13.0 Å². The molecule has 1 amide bonds. The first-order valence-corrected chi connectivity index (χ1v) is 7.01. The Bertz CT molecular complexity index is 311. The summed E-state index contributed by atoms with van der Waals surface area (Å²) in [6, 6.07) is 0. The van der Waals surface area contributed by atoms with E-state index in [0.717, 1.165) is 32.0 Å². The summed E-state index contributed by atoms with van der Waals surface area (Å²) in [7, 11) is 2.17. The number of hydrogen-bond acceptors (Lipinski definition) is 3. The number of carbonyl (C=O) groups is 1. The van der Waals surface area contributed by atoms with Crippen LogP contribution in [0.1, 0.15) is 33.6 Å². The second-order valence-corrected chi connectivity index (χ2v) is 6.79. The fourth-order valence-corrected chi connectivity index (χ4v) is 3.04. The van der Waals surface area contributed by atoms with Gasteiger partial charge in [0.1, 0.15) is 5.60 Å². The van der Waals surface area contributed by atoms with Crippen molar-refractivity contribution in [3.8, 4) is 0 Å². The molecule has 2 aliphatic heterocycles. The van der Waals surface area contributed by atoms with Crippen LogP contribution in [0.15, 0.2) is 0 Å². The van der Waals surface area contributed by atoms with Crippen LogP contribution in [-0.2, 0) is 4.74 Å². The number of carbonyl (C=O) groups excluding carboxylic acids is 1. The van der Waals surface area contributed by atoms with Gasteiger partial charge in [-0.05, 0) is 59.0 Å². The number of likely N-dealkylation sites (tertiary alicyclic amines) is 2. The molecule has 0 aromatic carbocycles. The van der Waals surface area contributed by atoms with Crippen molar-refractivity contribution in [2.24, 2.45) is 11.8 Å². The van der Waals surface area contributed by atoms with Gasteiger partial charge >= 0.3 is 6.09 Å². The van der Waals surface area contributed by atoms with E-state index < -0.39 is 5.60 Å². The summed E-state index contributed by atoms with van der Waals surface area (Å²) in [4.78, 5) is 16.3. The zero-order valence-corrected chi connectivity index (χ0v) is 12.1. The highest BCUT2D eigenvalue weighted by atomic mass is 16.6. The number of hydrogen-bond donors (Lipinski definition) is 0. The van der Waals surface area contributed by atoms with Crippen LogP contribution in [-0.4, -0.2) is 54.7 Å². The van der Waals surface area contributed by atoms with Crippen molar-refractivity contribution in [2.75, 3.05) is 33.2 Å². The molecule has 0 aliphatic carbocycles. The summed E-state index contributed by atoms with van der Waals surface area (Å²) in [5, 5.41) is 0. The van der Waals surface area contributed by atoms with E-state index in [1.807, 2.05) is 25.7 Å². The Morgan fingerprint density at radius 3 is 2.44 bits per heavy atom. The number of rotatable bonds is 0. The number of fused-ring (bicyclic) bond motifs is 1. The van der Waals surface area contributed by atoms with Crippen LogP contribution in [0.5, 0.6) is 0 Å². The van der Waals surface area contributed by atoms with Gasteiger partial charge < -0.3 is 14.5 Å². The van der Waals surface area contributed by atoms with Gasteiger partial charge in [-0.15, -0.1) is 0 Å². The van der Waals surface area contributed by atoms with Crippen molar-refractivity contribution >= 4 is 6.09 Å². The van der Waals surface area contributed by atoms with Gasteiger partial charge in [0, 0.05) is 19.6 Å². The lowest BCUT2D eigenvalue weighted by molar-refractivity contribution is -0.000575. The number of nitrogens with zero attached hydrogens (tertiary/aromatic N) is 2. The summed E-state index contributed by atoms with van der Waals surface area (Å²) < 4.78 is 5.46. The van der Waals surface area contributed by atoms with Crippen molar-refractivity contribution in [2.45, 2.75) is 39.2 Å². The summed E-state index contributed by atoms with van der Waals surface area (Å²) >= 11 is 0. The van der Waals surface area contributed by atoms with E-state index in [-0.39, 0.29) is 6.09 Å². The van der Waals surface area contributed by atoms with E-state index in [2.05, 4.69) is 11.9 Å². The van der Waals surface area contributed by atoms with E-state index >= 15 is 0 Å². The quantitative estimate of drug-likeness (QED) is 0.664. The maximum Gasteiger partial charge on any atom is 0.410 e. The summed E-state index contributed by atoms with van der Waals surface area (Å²) in [6.07, 6.45) is 2.27. The second kappa shape index (κ2) is 5.08. The molecule has 2 heterocycles. The van der Waals surface area contributed by atoms with Crippen molar-refractivity contribution in [3.05, 3.63) is 0 Å². The van der Waals surface area contributed by atoms with Gasteiger partial charge in [0.05, 0.1) is 0 Å². The van der Waals surface area contributed by atoms with Gasteiger partial charge in [0.15, 0.2) is 0 Å². The van der Waals surface area contributed by atoms with Crippen LogP contribution in [0.4, 0.5) is 4.79 Å². The summed E-state index contributed by atoms with van der Waals surface area (Å²) in [5.41, 5.74) is -0.392. The van der Waals surface area contributed by atoms with Crippen LogP contribution < -0.4 is 0 Å². The van der Waals surface area contributed by atoms with E-state index in [0.29, 0.717) is 5.92 Å². The molecule has 0 aromatic rings. The largest absolute Gasteiger partial charge is 0.444 e. The van der Waals surface area contributed by atoms with Crippen LogP contribution >= 0.6 is 0 Å². The van der Waals surface area contributed by atoms with Gasteiger partial charge in [-0.25, -0.2) is 4.79 Å². The highest BCUT2D eigenvalue weighted by Crippen LogP contribution is 2.31. The topological polar surface area (TPSA) is 32.8 Å².